The summed E-state index contributed by atoms with van der Waals surface area (Å²) in [6.45, 7) is 7.94. The molecule has 0 amide bonds. The van der Waals surface area contributed by atoms with Crippen LogP contribution >= 0.6 is 0 Å². The van der Waals surface area contributed by atoms with E-state index in [9.17, 15) is 14.0 Å². The molecule has 0 bridgehead atoms. The average molecular weight is 470 g/mol. The van der Waals surface area contributed by atoms with Crippen molar-refractivity contribution in [1.29, 1.82) is 0 Å². The van der Waals surface area contributed by atoms with E-state index in [1.165, 1.54) is 35.4 Å². The number of aromatic nitrogens is 1. The first kappa shape index (κ1) is 34.2. The van der Waals surface area contributed by atoms with E-state index in [-0.39, 0.29) is 78.0 Å². The fourth-order valence-corrected chi connectivity index (χ4v) is 2.03. The summed E-state index contributed by atoms with van der Waals surface area (Å²) < 4.78 is 18.3. The number of carbonyl (C=O) groups excluding carboxylic acids is 1. The predicted octanol–water partition coefficient (Wildman–Crippen LogP) is 6.07. The number of rotatable bonds is 3. The Morgan fingerprint density at radius 2 is 1.50 bits per heavy atom. The Morgan fingerprint density at radius 3 is 1.89 bits per heavy atom. The van der Waals surface area contributed by atoms with Crippen LogP contribution in [0.2, 0.25) is 0 Å². The number of hydrogen-bond donors (Lipinski definition) is 0. The second-order valence-electron chi connectivity index (χ2n) is 5.93. The Balaban J connectivity index is -0.000000187. The predicted molar refractivity (Wildman–Crippen MR) is 113 cm³/mol. The number of halogens is 1. The second-order valence-corrected chi connectivity index (χ2v) is 5.93. The van der Waals surface area contributed by atoms with Gasteiger partial charge in [0.15, 0.2) is 0 Å². The molecule has 0 aliphatic carbocycles. The van der Waals surface area contributed by atoms with E-state index in [4.69, 9.17) is 0 Å². The first-order valence-electron chi connectivity index (χ1n) is 7.82. The monoisotopic (exact) mass is 470 g/mol. The molecule has 157 valence electrons. The molecule has 2 rings (SSSR count). The number of benzene rings is 1. The van der Waals surface area contributed by atoms with Crippen molar-refractivity contribution in [2.75, 3.05) is 7.11 Å². The third-order valence-corrected chi connectivity index (χ3v) is 3.47. The minimum Gasteiger partial charge on any atom is -0.465 e. The van der Waals surface area contributed by atoms with Gasteiger partial charge in [-0.25, -0.2) is 9.18 Å². The van der Waals surface area contributed by atoms with Crippen LogP contribution in [0.1, 0.15) is 77.9 Å². The Labute approximate surface area is 195 Å². The molecule has 0 spiro atoms. The van der Waals surface area contributed by atoms with Crippen LogP contribution in [-0.2, 0) is 37.4 Å². The van der Waals surface area contributed by atoms with Crippen molar-refractivity contribution in [2.45, 2.75) is 61.9 Å². The second kappa shape index (κ2) is 16.6. The van der Waals surface area contributed by atoms with Crippen LogP contribution in [0.25, 0.3) is 0 Å². The Morgan fingerprint density at radius 1 is 1.00 bits per heavy atom. The molecule has 4 nitrogen and oxygen atoms in total. The summed E-state index contributed by atoms with van der Waals surface area (Å²) >= 11 is 0. The third-order valence-electron chi connectivity index (χ3n) is 3.47. The molecule has 0 fully saturated rings. The number of esters is 1. The van der Waals surface area contributed by atoms with Crippen molar-refractivity contribution in [3.63, 3.8) is 0 Å². The normalized spacial score (nSPS) is 8.86. The molecule has 0 saturated heterocycles. The van der Waals surface area contributed by atoms with E-state index >= 15 is 0 Å². The molecule has 2 aromatic rings. The summed E-state index contributed by atoms with van der Waals surface area (Å²) in [7, 11) is 1.26. The van der Waals surface area contributed by atoms with Crippen molar-refractivity contribution in [3.05, 3.63) is 69.9 Å². The van der Waals surface area contributed by atoms with Crippen LogP contribution in [-0.4, -0.2) is 17.6 Å². The Hall–Kier alpha value is -1.33. The van der Waals surface area contributed by atoms with Crippen molar-refractivity contribution >= 4 is 5.97 Å². The quantitative estimate of drug-likeness (QED) is 0.512. The van der Waals surface area contributed by atoms with E-state index in [1.807, 2.05) is 26.0 Å². The Kier molecular flexibility index (Phi) is 20.3. The van der Waals surface area contributed by atoms with Crippen molar-refractivity contribution < 1.29 is 46.6 Å². The van der Waals surface area contributed by atoms with Crippen LogP contribution in [0.3, 0.4) is 0 Å². The molecule has 0 unspecified atom stereocenters. The zero-order valence-corrected chi connectivity index (χ0v) is 18.2. The zero-order valence-electron chi connectivity index (χ0n) is 15.3. The fourth-order valence-electron chi connectivity index (χ4n) is 2.03. The van der Waals surface area contributed by atoms with Crippen LogP contribution in [0.15, 0.2) is 47.4 Å². The first-order valence-corrected chi connectivity index (χ1v) is 7.82. The van der Waals surface area contributed by atoms with Gasteiger partial charge in [-0.05, 0) is 49.6 Å². The molecule has 0 aliphatic heterocycles. The third kappa shape index (κ3) is 10.3. The molecule has 28 heavy (non-hydrogen) atoms. The van der Waals surface area contributed by atoms with E-state index < -0.39 is 5.97 Å². The number of ether oxygens (including phenoxy) is 1. The van der Waals surface area contributed by atoms with Gasteiger partial charge >= 0.3 is 5.97 Å². The van der Waals surface area contributed by atoms with E-state index in [1.54, 1.807) is 12.3 Å². The molecular formula is C22H36FNO3Y. The molecule has 0 aliphatic rings. The zero-order chi connectivity index (χ0) is 18.3. The smallest absolute Gasteiger partial charge is 0.343 e. The minimum absolute atomic E-state index is 0. The maximum absolute atomic E-state index is 12.4. The standard InChI is InChI=1S/C10H13NO3.C9H11F.3CH4.Y/c1-7(2)11-6-4-5-8(9(11)12)10(13)14-3;1-7(2)8-3-5-9(10)6-4-8;;;;/h4-7H,1-3H3;3-7H,1-2H3;3*1H4;. The molecule has 1 heterocycles. The topological polar surface area (TPSA) is 48.3 Å². The van der Waals surface area contributed by atoms with Gasteiger partial charge in [-0.3, -0.25) is 4.79 Å². The van der Waals surface area contributed by atoms with Gasteiger partial charge in [0, 0.05) is 44.9 Å². The van der Waals surface area contributed by atoms with E-state index in [0.29, 0.717) is 5.92 Å². The molecule has 0 atom stereocenters. The van der Waals surface area contributed by atoms with Gasteiger partial charge in [0.1, 0.15) is 11.4 Å². The molecular weight excluding hydrogens is 434 g/mol. The van der Waals surface area contributed by atoms with Gasteiger partial charge in [-0.2, -0.15) is 0 Å². The van der Waals surface area contributed by atoms with Crippen LogP contribution in [0.5, 0.6) is 0 Å². The van der Waals surface area contributed by atoms with Gasteiger partial charge < -0.3 is 9.30 Å². The maximum Gasteiger partial charge on any atom is 0.343 e. The summed E-state index contributed by atoms with van der Waals surface area (Å²) in [6, 6.07) is 9.79. The Bertz CT molecular complexity index is 725. The molecule has 1 aromatic heterocycles. The van der Waals surface area contributed by atoms with Crippen molar-refractivity contribution in [3.8, 4) is 0 Å². The van der Waals surface area contributed by atoms with Gasteiger partial charge in [0.05, 0.1) is 7.11 Å². The summed E-state index contributed by atoms with van der Waals surface area (Å²) in [5.41, 5.74) is 0.944. The van der Waals surface area contributed by atoms with Gasteiger partial charge in [0.25, 0.3) is 5.56 Å². The maximum atomic E-state index is 12.4. The number of methoxy groups -OCH3 is 1. The van der Waals surface area contributed by atoms with E-state index in [2.05, 4.69) is 18.6 Å². The number of pyridine rings is 1. The van der Waals surface area contributed by atoms with Gasteiger partial charge in [-0.15, -0.1) is 0 Å². The van der Waals surface area contributed by atoms with Gasteiger partial charge in [0.2, 0.25) is 0 Å². The van der Waals surface area contributed by atoms with Gasteiger partial charge in [-0.1, -0.05) is 48.3 Å². The molecule has 0 saturated carbocycles. The summed E-state index contributed by atoms with van der Waals surface area (Å²) in [5, 5.41) is 0. The average Bonchev–Trinajstić information content (AvgIpc) is 2.55. The summed E-state index contributed by atoms with van der Waals surface area (Å²) in [4.78, 5) is 22.8. The van der Waals surface area contributed by atoms with Crippen molar-refractivity contribution in [2.24, 2.45) is 0 Å². The van der Waals surface area contributed by atoms with E-state index in [0.717, 1.165) is 0 Å². The summed E-state index contributed by atoms with van der Waals surface area (Å²) in [6.07, 6.45) is 1.65. The SMILES string of the molecule is C.C.C.CC(C)c1ccc(F)cc1.COC(=O)c1cccn(C(C)C)c1=O.[Y]. The first-order chi connectivity index (χ1) is 11.3. The van der Waals surface area contributed by atoms with Crippen LogP contribution in [0.4, 0.5) is 4.39 Å². The van der Waals surface area contributed by atoms with Crippen LogP contribution < -0.4 is 5.56 Å². The molecule has 6 heteroatoms. The minimum atomic E-state index is -0.593. The number of carbonyl (C=O) groups is 1. The van der Waals surface area contributed by atoms with Crippen molar-refractivity contribution in [1.82, 2.24) is 4.57 Å². The number of nitrogens with zero attached hydrogens (tertiary/aromatic N) is 1. The number of hydrogen-bond acceptors (Lipinski definition) is 3. The fraction of sp³-hybridized carbons (Fsp3) is 0.455. The van der Waals surface area contributed by atoms with Crippen LogP contribution in [0, 0.1) is 5.82 Å². The molecule has 1 aromatic carbocycles. The molecule has 0 N–H and O–H groups in total. The summed E-state index contributed by atoms with van der Waals surface area (Å²) in [5.74, 6) is -0.269. The largest absolute Gasteiger partial charge is 0.465 e. The molecule has 1 radical (unpaired) electrons.